The summed E-state index contributed by atoms with van der Waals surface area (Å²) in [7, 11) is 0. The van der Waals surface area contributed by atoms with Crippen molar-refractivity contribution in [1.82, 2.24) is 10.2 Å². The molecule has 2 atom stereocenters. The predicted molar refractivity (Wildman–Crippen MR) is 59.5 cm³/mol. The fraction of sp³-hybridized carbons (Fsp3) is 0.818. The second-order valence-electron chi connectivity index (χ2n) is 4.72. The number of nitrogens with two attached hydrogens (primary N) is 1. The van der Waals surface area contributed by atoms with Crippen LogP contribution in [0.4, 0.5) is 0 Å². The van der Waals surface area contributed by atoms with E-state index in [0.717, 1.165) is 32.4 Å². The molecule has 0 aromatic rings. The molecule has 0 radical (unpaired) electrons. The van der Waals surface area contributed by atoms with Gasteiger partial charge in [-0.15, -0.1) is 0 Å². The summed E-state index contributed by atoms with van der Waals surface area (Å²) in [5.74, 6) is -0.131. The molecule has 1 unspecified atom stereocenters. The van der Waals surface area contributed by atoms with Crippen molar-refractivity contribution in [3.8, 4) is 0 Å². The van der Waals surface area contributed by atoms with Crippen LogP contribution in [0.25, 0.3) is 0 Å². The molecule has 0 aromatic heterocycles. The van der Waals surface area contributed by atoms with E-state index >= 15 is 0 Å². The first-order chi connectivity index (χ1) is 7.68. The first kappa shape index (κ1) is 11.4. The van der Waals surface area contributed by atoms with Gasteiger partial charge in [-0.1, -0.05) is 0 Å². The zero-order valence-electron chi connectivity index (χ0n) is 9.45. The van der Waals surface area contributed by atoms with Crippen LogP contribution in [0.15, 0.2) is 0 Å². The van der Waals surface area contributed by atoms with Crippen LogP contribution in [0.2, 0.25) is 0 Å². The molecule has 3 N–H and O–H groups in total. The lowest BCUT2D eigenvalue weighted by atomic mass is 9.98. The summed E-state index contributed by atoms with van der Waals surface area (Å²) in [4.78, 5) is 24.9. The Morgan fingerprint density at radius 2 is 2.06 bits per heavy atom. The number of nitrogens with zero attached hydrogens (tertiary/aromatic N) is 1. The summed E-state index contributed by atoms with van der Waals surface area (Å²) in [5.41, 5.74) is 5.25. The number of hydrogen-bond donors (Lipinski definition) is 2. The summed E-state index contributed by atoms with van der Waals surface area (Å²) in [6, 6.07) is 0. The minimum atomic E-state index is -0.280. The highest BCUT2D eigenvalue weighted by atomic mass is 16.2. The smallest absolute Gasteiger partial charge is 0.226 e. The minimum Gasteiger partial charge on any atom is -0.369 e. The quantitative estimate of drug-likeness (QED) is 0.654. The topological polar surface area (TPSA) is 75.4 Å². The van der Waals surface area contributed by atoms with E-state index in [1.165, 1.54) is 0 Å². The Morgan fingerprint density at radius 3 is 2.62 bits per heavy atom. The molecule has 2 saturated heterocycles. The Labute approximate surface area is 95.3 Å². The Bertz CT molecular complexity index is 287. The second kappa shape index (κ2) is 4.82. The van der Waals surface area contributed by atoms with E-state index in [9.17, 15) is 9.59 Å². The van der Waals surface area contributed by atoms with Gasteiger partial charge in [-0.2, -0.15) is 0 Å². The van der Waals surface area contributed by atoms with Gasteiger partial charge in [-0.05, 0) is 25.8 Å². The van der Waals surface area contributed by atoms with Crippen molar-refractivity contribution in [1.29, 1.82) is 0 Å². The van der Waals surface area contributed by atoms with Crippen LogP contribution in [-0.4, -0.2) is 42.9 Å². The number of carbonyl (C=O) groups excluding carboxylic acids is 2. The van der Waals surface area contributed by atoms with Crippen LogP contribution in [0.5, 0.6) is 0 Å². The number of primary amides is 1. The minimum absolute atomic E-state index is 0.0976. The number of amides is 2. The van der Waals surface area contributed by atoms with E-state index < -0.39 is 0 Å². The Balaban J connectivity index is 1.88. The molecular weight excluding hydrogens is 206 g/mol. The van der Waals surface area contributed by atoms with E-state index in [2.05, 4.69) is 5.32 Å². The van der Waals surface area contributed by atoms with Crippen LogP contribution >= 0.6 is 0 Å². The van der Waals surface area contributed by atoms with Gasteiger partial charge in [0.2, 0.25) is 11.8 Å². The summed E-state index contributed by atoms with van der Waals surface area (Å²) in [6.07, 6.45) is 2.74. The van der Waals surface area contributed by atoms with Crippen molar-refractivity contribution in [2.45, 2.75) is 19.3 Å². The zero-order valence-corrected chi connectivity index (χ0v) is 9.45. The molecule has 0 aliphatic carbocycles. The van der Waals surface area contributed by atoms with Gasteiger partial charge in [0.15, 0.2) is 0 Å². The van der Waals surface area contributed by atoms with Gasteiger partial charge < -0.3 is 16.0 Å². The molecule has 2 fully saturated rings. The highest BCUT2D eigenvalue weighted by Crippen LogP contribution is 2.20. The van der Waals surface area contributed by atoms with Gasteiger partial charge in [-0.25, -0.2) is 0 Å². The first-order valence-electron chi connectivity index (χ1n) is 5.97. The number of nitrogens with one attached hydrogen (secondary N) is 1. The fourth-order valence-corrected chi connectivity index (χ4v) is 2.51. The van der Waals surface area contributed by atoms with Crippen LogP contribution in [-0.2, 0) is 9.59 Å². The van der Waals surface area contributed by atoms with Gasteiger partial charge in [0.25, 0.3) is 0 Å². The van der Waals surface area contributed by atoms with Crippen molar-refractivity contribution in [3.05, 3.63) is 0 Å². The summed E-state index contributed by atoms with van der Waals surface area (Å²) in [5, 5.41) is 3.23. The van der Waals surface area contributed by atoms with Crippen LogP contribution in [0.1, 0.15) is 19.3 Å². The molecule has 2 amide bonds. The average Bonchev–Trinajstić information content (AvgIpc) is 2.78. The molecular formula is C11H19N3O2. The lowest BCUT2D eigenvalue weighted by Gasteiger charge is -2.26. The molecule has 5 nitrogen and oxygen atoms in total. The number of piperidine rings is 1. The normalized spacial score (nSPS) is 30.4. The zero-order chi connectivity index (χ0) is 11.5. The third-order valence-electron chi connectivity index (χ3n) is 3.55. The summed E-state index contributed by atoms with van der Waals surface area (Å²) < 4.78 is 0. The number of hydrogen-bond acceptors (Lipinski definition) is 3. The Morgan fingerprint density at radius 1 is 1.25 bits per heavy atom. The lowest BCUT2D eigenvalue weighted by molar-refractivity contribution is -0.135. The SMILES string of the molecule is NC(=O)C1CCN(C(=O)[C@@H]2CCCNC2)C1. The summed E-state index contributed by atoms with van der Waals surface area (Å²) >= 11 is 0. The monoisotopic (exact) mass is 225 g/mol. The summed E-state index contributed by atoms with van der Waals surface area (Å²) in [6.45, 7) is 2.98. The third-order valence-corrected chi connectivity index (χ3v) is 3.55. The maximum absolute atomic E-state index is 12.1. The highest BCUT2D eigenvalue weighted by Gasteiger charge is 2.33. The number of rotatable bonds is 2. The molecule has 0 aromatic carbocycles. The van der Waals surface area contributed by atoms with E-state index in [4.69, 9.17) is 5.73 Å². The molecule has 2 rings (SSSR count). The van der Waals surface area contributed by atoms with Crippen LogP contribution < -0.4 is 11.1 Å². The van der Waals surface area contributed by atoms with Crippen LogP contribution in [0, 0.1) is 11.8 Å². The standard InChI is InChI=1S/C11H19N3O2/c12-10(15)9-3-5-14(7-9)11(16)8-2-1-4-13-6-8/h8-9,13H,1-7H2,(H2,12,15)/t8-,9?/m1/s1. The number of carbonyl (C=O) groups is 2. The largest absolute Gasteiger partial charge is 0.369 e. The Kier molecular flexibility index (Phi) is 3.43. The molecule has 5 heteroatoms. The van der Waals surface area contributed by atoms with Crippen molar-refractivity contribution in [3.63, 3.8) is 0 Å². The Hall–Kier alpha value is -1.10. The van der Waals surface area contributed by atoms with E-state index in [1.54, 1.807) is 4.90 Å². The lowest BCUT2D eigenvalue weighted by Crippen LogP contribution is -2.42. The molecule has 90 valence electrons. The van der Waals surface area contributed by atoms with E-state index in [1.807, 2.05) is 0 Å². The fourth-order valence-electron chi connectivity index (χ4n) is 2.51. The van der Waals surface area contributed by atoms with Crippen molar-refractivity contribution < 1.29 is 9.59 Å². The van der Waals surface area contributed by atoms with Gasteiger partial charge in [0, 0.05) is 19.6 Å². The van der Waals surface area contributed by atoms with Gasteiger partial charge in [0.1, 0.15) is 0 Å². The molecule has 2 aliphatic rings. The number of likely N-dealkylation sites (tertiary alicyclic amines) is 1. The third kappa shape index (κ3) is 2.35. The van der Waals surface area contributed by atoms with Crippen molar-refractivity contribution in [2.24, 2.45) is 17.6 Å². The maximum Gasteiger partial charge on any atom is 0.226 e. The average molecular weight is 225 g/mol. The molecule has 16 heavy (non-hydrogen) atoms. The molecule has 0 saturated carbocycles. The predicted octanol–water partition coefficient (Wildman–Crippen LogP) is -0.680. The molecule has 2 aliphatic heterocycles. The molecule has 0 bridgehead atoms. The maximum atomic E-state index is 12.1. The first-order valence-corrected chi connectivity index (χ1v) is 5.97. The molecule has 2 heterocycles. The van der Waals surface area contributed by atoms with Gasteiger partial charge in [-0.3, -0.25) is 9.59 Å². The van der Waals surface area contributed by atoms with E-state index in [0.29, 0.717) is 13.1 Å². The van der Waals surface area contributed by atoms with Crippen molar-refractivity contribution in [2.75, 3.05) is 26.2 Å². The van der Waals surface area contributed by atoms with Gasteiger partial charge >= 0.3 is 0 Å². The van der Waals surface area contributed by atoms with E-state index in [-0.39, 0.29) is 23.7 Å². The second-order valence-corrected chi connectivity index (χ2v) is 4.72. The van der Waals surface area contributed by atoms with Crippen LogP contribution in [0.3, 0.4) is 0 Å². The highest BCUT2D eigenvalue weighted by molar-refractivity contribution is 5.82. The molecule has 0 spiro atoms. The van der Waals surface area contributed by atoms with Crippen molar-refractivity contribution >= 4 is 11.8 Å². The van der Waals surface area contributed by atoms with Gasteiger partial charge in [0.05, 0.1) is 11.8 Å².